The van der Waals surface area contributed by atoms with E-state index in [1.165, 1.54) is 4.90 Å². The molecule has 102 valence electrons. The standard InChI is InChI=1S/C13H23N3O2/c1-3-14-9-10-4-6-16(7-5-10)11-8-12(17)15(2)13(11)18/h10-11,14H,3-9H2,1-2H3. The first-order valence-electron chi connectivity index (χ1n) is 6.88. The second-order valence-corrected chi connectivity index (χ2v) is 5.30. The molecule has 0 aromatic carbocycles. The monoisotopic (exact) mass is 253 g/mol. The van der Waals surface area contributed by atoms with E-state index in [2.05, 4.69) is 17.1 Å². The maximum absolute atomic E-state index is 11.9. The van der Waals surface area contributed by atoms with E-state index in [0.29, 0.717) is 12.3 Å². The first-order valence-corrected chi connectivity index (χ1v) is 6.88. The number of hydrogen-bond donors (Lipinski definition) is 1. The Labute approximate surface area is 108 Å². The van der Waals surface area contributed by atoms with E-state index in [1.54, 1.807) is 7.05 Å². The molecule has 1 unspecified atom stereocenters. The molecule has 2 amide bonds. The molecule has 0 spiro atoms. The van der Waals surface area contributed by atoms with Crippen LogP contribution < -0.4 is 5.32 Å². The van der Waals surface area contributed by atoms with E-state index < -0.39 is 0 Å². The van der Waals surface area contributed by atoms with Crippen molar-refractivity contribution < 1.29 is 9.59 Å². The lowest BCUT2D eigenvalue weighted by Crippen LogP contribution is -2.46. The molecule has 2 aliphatic heterocycles. The third-order valence-corrected chi connectivity index (χ3v) is 4.13. The number of imide groups is 1. The van der Waals surface area contributed by atoms with Crippen LogP contribution in [0, 0.1) is 5.92 Å². The zero-order chi connectivity index (χ0) is 13.1. The smallest absolute Gasteiger partial charge is 0.246 e. The lowest BCUT2D eigenvalue weighted by molar-refractivity contribution is -0.138. The van der Waals surface area contributed by atoms with Gasteiger partial charge in [-0.3, -0.25) is 19.4 Å². The highest BCUT2D eigenvalue weighted by atomic mass is 16.2. The number of likely N-dealkylation sites (N-methyl/N-ethyl adjacent to an activating group) is 1. The molecular formula is C13H23N3O2. The Morgan fingerprint density at radius 1 is 1.28 bits per heavy atom. The second kappa shape index (κ2) is 5.80. The number of piperidine rings is 1. The number of nitrogens with zero attached hydrogens (tertiary/aromatic N) is 2. The molecule has 2 aliphatic rings. The van der Waals surface area contributed by atoms with E-state index in [0.717, 1.165) is 39.0 Å². The molecule has 2 saturated heterocycles. The average molecular weight is 253 g/mol. The molecule has 1 atom stereocenters. The van der Waals surface area contributed by atoms with Crippen LogP contribution in [0.4, 0.5) is 0 Å². The summed E-state index contributed by atoms with van der Waals surface area (Å²) in [6.45, 7) is 6.08. The van der Waals surface area contributed by atoms with Crippen molar-refractivity contribution >= 4 is 11.8 Å². The van der Waals surface area contributed by atoms with Gasteiger partial charge in [-0.15, -0.1) is 0 Å². The van der Waals surface area contributed by atoms with Gasteiger partial charge in [-0.1, -0.05) is 6.92 Å². The number of likely N-dealkylation sites (tertiary alicyclic amines) is 2. The Morgan fingerprint density at radius 3 is 2.44 bits per heavy atom. The highest BCUT2D eigenvalue weighted by Crippen LogP contribution is 2.23. The first kappa shape index (κ1) is 13.5. The molecule has 2 fully saturated rings. The van der Waals surface area contributed by atoms with Gasteiger partial charge in [0.25, 0.3) is 0 Å². The van der Waals surface area contributed by atoms with Crippen LogP contribution in [-0.2, 0) is 9.59 Å². The van der Waals surface area contributed by atoms with Crippen LogP contribution in [0.25, 0.3) is 0 Å². The van der Waals surface area contributed by atoms with E-state index in [-0.39, 0.29) is 17.9 Å². The van der Waals surface area contributed by atoms with Crippen molar-refractivity contribution in [1.29, 1.82) is 0 Å². The summed E-state index contributed by atoms with van der Waals surface area (Å²) in [5.41, 5.74) is 0. The lowest BCUT2D eigenvalue weighted by Gasteiger charge is -2.34. The number of carbonyl (C=O) groups excluding carboxylic acids is 2. The van der Waals surface area contributed by atoms with Gasteiger partial charge in [-0.2, -0.15) is 0 Å². The summed E-state index contributed by atoms with van der Waals surface area (Å²) in [6.07, 6.45) is 2.61. The van der Waals surface area contributed by atoms with Gasteiger partial charge in [0, 0.05) is 7.05 Å². The average Bonchev–Trinajstić information content (AvgIpc) is 2.65. The van der Waals surface area contributed by atoms with Gasteiger partial charge in [0.2, 0.25) is 11.8 Å². The SMILES string of the molecule is CCNCC1CCN(C2CC(=O)N(C)C2=O)CC1. The molecule has 0 saturated carbocycles. The fourth-order valence-electron chi connectivity index (χ4n) is 2.84. The van der Waals surface area contributed by atoms with Crippen LogP contribution in [0.5, 0.6) is 0 Å². The molecule has 5 nitrogen and oxygen atoms in total. The fourth-order valence-corrected chi connectivity index (χ4v) is 2.84. The maximum atomic E-state index is 11.9. The zero-order valence-corrected chi connectivity index (χ0v) is 11.3. The van der Waals surface area contributed by atoms with E-state index in [4.69, 9.17) is 0 Å². The highest BCUT2D eigenvalue weighted by Gasteiger charge is 2.40. The predicted molar refractivity (Wildman–Crippen MR) is 69.0 cm³/mol. The fraction of sp³-hybridized carbons (Fsp3) is 0.846. The molecule has 0 aromatic heterocycles. The zero-order valence-electron chi connectivity index (χ0n) is 11.3. The molecule has 18 heavy (non-hydrogen) atoms. The van der Waals surface area contributed by atoms with Crippen molar-refractivity contribution in [1.82, 2.24) is 15.1 Å². The Kier molecular flexibility index (Phi) is 4.35. The van der Waals surface area contributed by atoms with Crippen molar-refractivity contribution in [2.24, 2.45) is 5.92 Å². The Bertz CT molecular complexity index is 324. The van der Waals surface area contributed by atoms with Crippen molar-refractivity contribution in [2.75, 3.05) is 33.2 Å². The normalized spacial score (nSPS) is 27.2. The minimum Gasteiger partial charge on any atom is -0.317 e. The van der Waals surface area contributed by atoms with E-state index in [1.807, 2.05) is 0 Å². The number of hydrogen-bond acceptors (Lipinski definition) is 4. The van der Waals surface area contributed by atoms with Gasteiger partial charge in [0.15, 0.2) is 0 Å². The summed E-state index contributed by atoms with van der Waals surface area (Å²) >= 11 is 0. The summed E-state index contributed by atoms with van der Waals surface area (Å²) in [5.74, 6) is 0.649. The van der Waals surface area contributed by atoms with E-state index >= 15 is 0 Å². The second-order valence-electron chi connectivity index (χ2n) is 5.30. The van der Waals surface area contributed by atoms with Crippen LogP contribution in [0.1, 0.15) is 26.2 Å². The van der Waals surface area contributed by atoms with Gasteiger partial charge in [-0.05, 0) is 44.9 Å². The molecule has 0 radical (unpaired) electrons. The topological polar surface area (TPSA) is 52.7 Å². The first-order chi connectivity index (χ1) is 8.63. The third-order valence-electron chi connectivity index (χ3n) is 4.13. The predicted octanol–water partition coefficient (Wildman–Crippen LogP) is 0.0652. The summed E-state index contributed by atoms with van der Waals surface area (Å²) in [6, 6.07) is -0.192. The van der Waals surface area contributed by atoms with Crippen LogP contribution in [0.3, 0.4) is 0 Å². The molecule has 2 heterocycles. The number of nitrogens with one attached hydrogen (secondary N) is 1. The summed E-state index contributed by atoms with van der Waals surface area (Å²) in [4.78, 5) is 26.9. The van der Waals surface area contributed by atoms with Gasteiger partial charge < -0.3 is 5.32 Å². The minimum atomic E-state index is -0.192. The Hall–Kier alpha value is -0.940. The Balaban J connectivity index is 1.83. The van der Waals surface area contributed by atoms with Crippen LogP contribution in [0.2, 0.25) is 0 Å². The lowest BCUT2D eigenvalue weighted by atomic mass is 9.95. The van der Waals surface area contributed by atoms with Crippen LogP contribution in [0.15, 0.2) is 0 Å². The molecule has 0 aromatic rings. The van der Waals surface area contributed by atoms with Gasteiger partial charge in [0.05, 0.1) is 12.5 Å². The van der Waals surface area contributed by atoms with Crippen molar-refractivity contribution in [3.8, 4) is 0 Å². The number of carbonyl (C=O) groups is 2. The third kappa shape index (κ3) is 2.72. The molecule has 0 aliphatic carbocycles. The van der Waals surface area contributed by atoms with Crippen molar-refractivity contribution in [3.63, 3.8) is 0 Å². The molecule has 1 N–H and O–H groups in total. The highest BCUT2D eigenvalue weighted by molar-refractivity contribution is 6.05. The summed E-state index contributed by atoms with van der Waals surface area (Å²) in [5, 5.41) is 3.38. The van der Waals surface area contributed by atoms with Crippen LogP contribution >= 0.6 is 0 Å². The van der Waals surface area contributed by atoms with Gasteiger partial charge >= 0.3 is 0 Å². The van der Waals surface area contributed by atoms with Gasteiger partial charge in [-0.25, -0.2) is 0 Å². The summed E-state index contributed by atoms with van der Waals surface area (Å²) in [7, 11) is 1.59. The molecule has 0 bridgehead atoms. The number of rotatable bonds is 4. The van der Waals surface area contributed by atoms with Crippen molar-refractivity contribution in [3.05, 3.63) is 0 Å². The van der Waals surface area contributed by atoms with Gasteiger partial charge in [0.1, 0.15) is 0 Å². The minimum absolute atomic E-state index is 0.0230. The molecule has 5 heteroatoms. The quantitative estimate of drug-likeness (QED) is 0.720. The van der Waals surface area contributed by atoms with E-state index in [9.17, 15) is 9.59 Å². The molecular weight excluding hydrogens is 230 g/mol. The van der Waals surface area contributed by atoms with Crippen LogP contribution in [-0.4, -0.2) is 60.9 Å². The molecule has 2 rings (SSSR count). The maximum Gasteiger partial charge on any atom is 0.246 e. The summed E-state index contributed by atoms with van der Waals surface area (Å²) < 4.78 is 0. The van der Waals surface area contributed by atoms with Crippen molar-refractivity contribution in [2.45, 2.75) is 32.2 Å². The Morgan fingerprint density at radius 2 is 1.94 bits per heavy atom. The largest absolute Gasteiger partial charge is 0.317 e. The number of amides is 2.